The van der Waals surface area contributed by atoms with Crippen LogP contribution in [0.4, 0.5) is 0 Å². The van der Waals surface area contributed by atoms with Gasteiger partial charge in [-0.25, -0.2) is 0 Å². The average molecular weight is 286 g/mol. The van der Waals surface area contributed by atoms with Crippen molar-refractivity contribution < 1.29 is 5.11 Å². The monoisotopic (exact) mass is 285 g/mol. The molecule has 2 heterocycles. The number of hydrogen-bond donors (Lipinski definition) is 1. The van der Waals surface area contributed by atoms with E-state index in [9.17, 15) is 5.11 Å². The van der Waals surface area contributed by atoms with Crippen LogP contribution in [0.25, 0.3) is 0 Å². The van der Waals surface area contributed by atoms with Crippen LogP contribution in [0.5, 0.6) is 0 Å². The van der Waals surface area contributed by atoms with Gasteiger partial charge in [-0.2, -0.15) is 5.10 Å². The number of rotatable bonds is 2. The van der Waals surface area contributed by atoms with Crippen LogP contribution in [-0.2, 0) is 12.1 Å². The number of likely N-dealkylation sites (tertiary alicyclic amines) is 1. The third kappa shape index (κ3) is 2.96. The number of aromatic nitrogens is 2. The molecule has 19 heavy (non-hydrogen) atoms. The Morgan fingerprint density at radius 3 is 2.37 bits per heavy atom. The SMILES string of the molecule is CC(C)(C)N1CCC(C)(n2cc(CO)c(Cl)n2)CC1. The fraction of sp³-hybridized carbons (Fsp3) is 0.786. The van der Waals surface area contributed by atoms with Crippen LogP contribution >= 0.6 is 11.6 Å². The molecule has 0 unspecified atom stereocenters. The molecule has 5 heteroatoms. The smallest absolute Gasteiger partial charge is 0.156 e. The van der Waals surface area contributed by atoms with Gasteiger partial charge in [0, 0.05) is 30.4 Å². The first-order valence-corrected chi connectivity index (χ1v) is 7.24. The average Bonchev–Trinajstić information content (AvgIpc) is 2.70. The molecule has 1 aromatic rings. The van der Waals surface area contributed by atoms with Crippen molar-refractivity contribution in [2.45, 2.75) is 58.2 Å². The second-order valence-electron chi connectivity index (χ2n) is 6.70. The molecular formula is C14H24ClN3O. The molecule has 108 valence electrons. The van der Waals surface area contributed by atoms with E-state index in [1.165, 1.54) is 0 Å². The Hall–Kier alpha value is -0.580. The number of piperidine rings is 1. The first kappa shape index (κ1) is 14.8. The largest absolute Gasteiger partial charge is 0.392 e. The van der Waals surface area contributed by atoms with E-state index in [4.69, 9.17) is 11.6 Å². The number of hydrogen-bond acceptors (Lipinski definition) is 3. The minimum absolute atomic E-state index is 0.00118. The van der Waals surface area contributed by atoms with Gasteiger partial charge in [0.15, 0.2) is 5.15 Å². The summed E-state index contributed by atoms with van der Waals surface area (Å²) in [6.07, 6.45) is 3.98. The summed E-state index contributed by atoms with van der Waals surface area (Å²) in [5.41, 5.74) is 0.930. The lowest BCUT2D eigenvalue weighted by Crippen LogP contribution is -2.51. The van der Waals surface area contributed by atoms with E-state index >= 15 is 0 Å². The topological polar surface area (TPSA) is 41.3 Å². The molecule has 0 amide bonds. The van der Waals surface area contributed by atoms with Crippen molar-refractivity contribution in [2.75, 3.05) is 13.1 Å². The molecule has 0 atom stereocenters. The maximum absolute atomic E-state index is 9.22. The molecule has 0 saturated carbocycles. The molecule has 0 aromatic carbocycles. The van der Waals surface area contributed by atoms with E-state index in [0.717, 1.165) is 25.9 Å². The quantitative estimate of drug-likeness (QED) is 0.908. The first-order valence-electron chi connectivity index (χ1n) is 6.87. The predicted octanol–water partition coefficient (Wildman–Crippen LogP) is 2.64. The first-order chi connectivity index (χ1) is 8.76. The fourth-order valence-corrected chi connectivity index (χ4v) is 2.85. The molecule has 1 aliphatic rings. The highest BCUT2D eigenvalue weighted by atomic mass is 35.5. The number of aliphatic hydroxyl groups is 1. The van der Waals surface area contributed by atoms with Gasteiger partial charge in [0.1, 0.15) is 0 Å². The number of aliphatic hydroxyl groups excluding tert-OH is 1. The van der Waals surface area contributed by atoms with Gasteiger partial charge in [0.2, 0.25) is 0 Å². The molecule has 4 nitrogen and oxygen atoms in total. The lowest BCUT2D eigenvalue weighted by atomic mass is 9.87. The van der Waals surface area contributed by atoms with Crippen LogP contribution < -0.4 is 0 Å². The molecule has 0 radical (unpaired) electrons. The Morgan fingerprint density at radius 1 is 1.37 bits per heavy atom. The van der Waals surface area contributed by atoms with Crippen LogP contribution in [0.3, 0.4) is 0 Å². The van der Waals surface area contributed by atoms with E-state index < -0.39 is 0 Å². The summed E-state index contributed by atoms with van der Waals surface area (Å²) in [5, 5.41) is 14.0. The molecule has 1 saturated heterocycles. The predicted molar refractivity (Wildman–Crippen MR) is 77.4 cm³/mol. The summed E-state index contributed by atoms with van der Waals surface area (Å²) in [6, 6.07) is 0. The Morgan fingerprint density at radius 2 is 1.95 bits per heavy atom. The van der Waals surface area contributed by atoms with E-state index in [0.29, 0.717) is 10.7 Å². The second-order valence-corrected chi connectivity index (χ2v) is 7.06. The lowest BCUT2D eigenvalue weighted by Gasteiger charge is -2.45. The third-order valence-corrected chi connectivity index (χ3v) is 4.57. The van der Waals surface area contributed by atoms with E-state index in [1.807, 2.05) is 10.9 Å². The van der Waals surface area contributed by atoms with Crippen molar-refractivity contribution in [3.8, 4) is 0 Å². The summed E-state index contributed by atoms with van der Waals surface area (Å²) >= 11 is 6.03. The highest BCUT2D eigenvalue weighted by molar-refractivity contribution is 6.30. The molecule has 1 N–H and O–H groups in total. The van der Waals surface area contributed by atoms with Gasteiger partial charge in [-0.05, 0) is 40.5 Å². The maximum atomic E-state index is 9.22. The zero-order valence-electron chi connectivity index (χ0n) is 12.3. The minimum atomic E-state index is -0.0526. The van der Waals surface area contributed by atoms with E-state index in [2.05, 4.69) is 37.7 Å². The van der Waals surface area contributed by atoms with Crippen LogP contribution in [-0.4, -0.2) is 38.4 Å². The molecule has 1 aromatic heterocycles. The van der Waals surface area contributed by atoms with E-state index in [-0.39, 0.29) is 17.7 Å². The van der Waals surface area contributed by atoms with Crippen molar-refractivity contribution in [3.05, 3.63) is 16.9 Å². The summed E-state index contributed by atoms with van der Waals surface area (Å²) in [4.78, 5) is 2.51. The Bertz CT molecular complexity index is 442. The molecular weight excluding hydrogens is 262 g/mol. The molecule has 0 bridgehead atoms. The van der Waals surface area contributed by atoms with Gasteiger partial charge in [0.05, 0.1) is 12.1 Å². The van der Waals surface area contributed by atoms with E-state index in [1.54, 1.807) is 0 Å². The minimum Gasteiger partial charge on any atom is -0.392 e. The fourth-order valence-electron chi connectivity index (χ4n) is 2.66. The van der Waals surface area contributed by atoms with Gasteiger partial charge in [-0.1, -0.05) is 11.6 Å². The van der Waals surface area contributed by atoms with Gasteiger partial charge in [-0.15, -0.1) is 0 Å². The highest BCUT2D eigenvalue weighted by Gasteiger charge is 2.36. The zero-order chi connectivity index (χ0) is 14.3. The Balaban J connectivity index is 2.13. The summed E-state index contributed by atoms with van der Waals surface area (Å²) in [6.45, 7) is 11.1. The standard InChI is InChI=1S/C14H24ClN3O/c1-13(2,3)17-7-5-14(4,6-8-17)18-9-11(10-19)12(15)16-18/h9,19H,5-8,10H2,1-4H3. The van der Waals surface area contributed by atoms with Crippen LogP contribution in [0.2, 0.25) is 5.15 Å². The normalized spacial score (nSPS) is 20.7. The van der Waals surface area contributed by atoms with Crippen molar-refractivity contribution in [1.29, 1.82) is 0 Å². The van der Waals surface area contributed by atoms with Crippen molar-refractivity contribution >= 4 is 11.6 Å². The van der Waals surface area contributed by atoms with Crippen molar-refractivity contribution in [2.24, 2.45) is 0 Å². The summed E-state index contributed by atoms with van der Waals surface area (Å²) < 4.78 is 1.95. The van der Waals surface area contributed by atoms with Crippen molar-refractivity contribution in [3.63, 3.8) is 0 Å². The lowest BCUT2D eigenvalue weighted by molar-refractivity contribution is 0.0503. The van der Waals surface area contributed by atoms with Gasteiger partial charge in [0.25, 0.3) is 0 Å². The van der Waals surface area contributed by atoms with Crippen molar-refractivity contribution in [1.82, 2.24) is 14.7 Å². The van der Waals surface area contributed by atoms with Gasteiger partial charge >= 0.3 is 0 Å². The summed E-state index contributed by atoms with van der Waals surface area (Å²) in [5.74, 6) is 0. The van der Waals surface area contributed by atoms with Gasteiger partial charge in [-0.3, -0.25) is 9.58 Å². The van der Waals surface area contributed by atoms with Gasteiger partial charge < -0.3 is 5.11 Å². The number of halogens is 1. The van der Waals surface area contributed by atoms with Crippen LogP contribution in [0, 0.1) is 0 Å². The zero-order valence-corrected chi connectivity index (χ0v) is 13.0. The Labute approximate surface area is 120 Å². The number of nitrogens with zero attached hydrogens (tertiary/aromatic N) is 3. The molecule has 0 aliphatic carbocycles. The summed E-state index contributed by atoms with van der Waals surface area (Å²) in [7, 11) is 0. The maximum Gasteiger partial charge on any atom is 0.156 e. The van der Waals surface area contributed by atoms with Crippen LogP contribution in [0.15, 0.2) is 6.20 Å². The second kappa shape index (κ2) is 5.08. The third-order valence-electron chi connectivity index (χ3n) is 4.25. The highest BCUT2D eigenvalue weighted by Crippen LogP contribution is 2.33. The van der Waals surface area contributed by atoms with Crippen LogP contribution in [0.1, 0.15) is 46.1 Å². The Kier molecular flexibility index (Phi) is 3.96. The molecule has 1 fully saturated rings. The molecule has 2 rings (SSSR count). The molecule has 0 spiro atoms. The molecule has 1 aliphatic heterocycles.